The summed E-state index contributed by atoms with van der Waals surface area (Å²) in [4.78, 5) is 25.9. The van der Waals surface area contributed by atoms with Crippen molar-refractivity contribution in [3.63, 3.8) is 0 Å². The molecule has 1 aromatic carbocycles. The maximum atomic E-state index is 12.1. The number of nitrogen functional groups attached to an aromatic ring is 1. The summed E-state index contributed by atoms with van der Waals surface area (Å²) in [6, 6.07) is 6.58. The lowest BCUT2D eigenvalue weighted by molar-refractivity contribution is -0.130. The molecule has 3 N–H and O–H groups in total. The van der Waals surface area contributed by atoms with Crippen molar-refractivity contribution in [1.82, 2.24) is 10.2 Å². The first-order valence-electron chi connectivity index (χ1n) is 6.46. The number of rotatable bonds is 3. The van der Waals surface area contributed by atoms with E-state index in [9.17, 15) is 9.59 Å². The molecule has 102 valence electrons. The molecule has 2 amide bonds. The normalized spacial score (nSPS) is 19.0. The summed E-state index contributed by atoms with van der Waals surface area (Å²) in [6.07, 6.45) is 0.648. The Labute approximate surface area is 112 Å². The first-order chi connectivity index (χ1) is 9.00. The van der Waals surface area contributed by atoms with Gasteiger partial charge < -0.3 is 16.0 Å². The molecule has 0 aliphatic carbocycles. The van der Waals surface area contributed by atoms with Gasteiger partial charge in [-0.05, 0) is 32.4 Å². The van der Waals surface area contributed by atoms with Crippen LogP contribution in [0.3, 0.4) is 0 Å². The van der Waals surface area contributed by atoms with Crippen LogP contribution in [0.4, 0.5) is 5.69 Å². The number of hydrogen-bond acceptors (Lipinski definition) is 3. The van der Waals surface area contributed by atoms with Gasteiger partial charge in [0.15, 0.2) is 0 Å². The molecule has 2 rings (SSSR count). The molecular formula is C14H19N3O2. The summed E-state index contributed by atoms with van der Waals surface area (Å²) in [5.41, 5.74) is 6.59. The number of anilines is 1. The van der Waals surface area contributed by atoms with Gasteiger partial charge in [0, 0.05) is 18.3 Å². The smallest absolute Gasteiger partial charge is 0.254 e. The van der Waals surface area contributed by atoms with Gasteiger partial charge in [0.05, 0.1) is 5.56 Å². The molecule has 19 heavy (non-hydrogen) atoms. The van der Waals surface area contributed by atoms with Crippen LogP contribution in [-0.2, 0) is 4.79 Å². The Hall–Kier alpha value is -2.04. The minimum absolute atomic E-state index is 0.0159. The maximum absolute atomic E-state index is 12.1. The van der Waals surface area contributed by atoms with Crippen LogP contribution in [0.5, 0.6) is 0 Å². The molecule has 1 aliphatic rings. The van der Waals surface area contributed by atoms with Crippen LogP contribution in [0, 0.1) is 0 Å². The zero-order valence-corrected chi connectivity index (χ0v) is 11.2. The second-order valence-electron chi connectivity index (χ2n) is 5.03. The molecule has 0 saturated carbocycles. The Balaban J connectivity index is 2.05. The molecule has 0 bridgehead atoms. The van der Waals surface area contributed by atoms with Gasteiger partial charge in [0.25, 0.3) is 5.91 Å². The average molecular weight is 261 g/mol. The minimum atomic E-state index is -0.436. The van der Waals surface area contributed by atoms with Crippen LogP contribution in [0.15, 0.2) is 24.3 Å². The zero-order chi connectivity index (χ0) is 14.0. The Bertz CT molecular complexity index is 499. The predicted octanol–water partition coefficient (Wildman–Crippen LogP) is 1.01. The molecule has 1 atom stereocenters. The second-order valence-corrected chi connectivity index (χ2v) is 5.03. The quantitative estimate of drug-likeness (QED) is 0.797. The van der Waals surface area contributed by atoms with Gasteiger partial charge >= 0.3 is 0 Å². The average Bonchev–Trinajstić information content (AvgIpc) is 2.71. The molecule has 0 aromatic heterocycles. The molecule has 5 nitrogen and oxygen atoms in total. The summed E-state index contributed by atoms with van der Waals surface area (Å²) < 4.78 is 0. The van der Waals surface area contributed by atoms with E-state index in [0.29, 0.717) is 24.2 Å². The lowest BCUT2D eigenvalue weighted by atomic mass is 10.1. The van der Waals surface area contributed by atoms with E-state index < -0.39 is 6.04 Å². The van der Waals surface area contributed by atoms with Gasteiger partial charge in [-0.3, -0.25) is 9.59 Å². The van der Waals surface area contributed by atoms with Crippen molar-refractivity contribution >= 4 is 17.5 Å². The Morgan fingerprint density at radius 3 is 2.68 bits per heavy atom. The SMILES string of the molecule is CC(C)N1CCC(NC(=O)c2ccccc2N)C1=O. The third-order valence-electron chi connectivity index (χ3n) is 3.37. The summed E-state index contributed by atoms with van der Waals surface area (Å²) in [5, 5.41) is 2.76. The van der Waals surface area contributed by atoms with Gasteiger partial charge in [-0.1, -0.05) is 12.1 Å². The van der Waals surface area contributed by atoms with Crippen LogP contribution in [0.25, 0.3) is 0 Å². The van der Waals surface area contributed by atoms with Gasteiger partial charge in [0.2, 0.25) is 5.91 Å². The third-order valence-corrected chi connectivity index (χ3v) is 3.37. The monoisotopic (exact) mass is 261 g/mol. The molecule has 1 fully saturated rings. The summed E-state index contributed by atoms with van der Waals surface area (Å²) in [6.45, 7) is 4.63. The lowest BCUT2D eigenvalue weighted by Gasteiger charge is -2.21. The fraction of sp³-hybridized carbons (Fsp3) is 0.429. The van der Waals surface area contributed by atoms with Gasteiger partial charge in [0.1, 0.15) is 6.04 Å². The molecule has 5 heteroatoms. The van der Waals surface area contributed by atoms with Crippen molar-refractivity contribution in [2.75, 3.05) is 12.3 Å². The fourth-order valence-electron chi connectivity index (χ4n) is 2.29. The molecule has 0 spiro atoms. The topological polar surface area (TPSA) is 75.4 Å². The van der Waals surface area contributed by atoms with E-state index in [0.717, 1.165) is 0 Å². The minimum Gasteiger partial charge on any atom is -0.398 e. The molecule has 0 radical (unpaired) electrons. The van der Waals surface area contributed by atoms with Gasteiger partial charge in [-0.15, -0.1) is 0 Å². The van der Waals surface area contributed by atoms with E-state index in [1.807, 2.05) is 13.8 Å². The number of benzene rings is 1. The first kappa shape index (κ1) is 13.4. The number of nitrogens with two attached hydrogens (primary N) is 1. The molecule has 1 heterocycles. The molecule has 1 saturated heterocycles. The Morgan fingerprint density at radius 2 is 2.11 bits per heavy atom. The van der Waals surface area contributed by atoms with E-state index >= 15 is 0 Å². The molecular weight excluding hydrogens is 242 g/mol. The van der Waals surface area contributed by atoms with E-state index in [2.05, 4.69) is 5.32 Å². The summed E-state index contributed by atoms with van der Waals surface area (Å²) in [7, 11) is 0. The highest BCUT2D eigenvalue weighted by Crippen LogP contribution is 2.16. The number of likely N-dealkylation sites (tertiary alicyclic amines) is 1. The van der Waals surface area contributed by atoms with Crippen molar-refractivity contribution in [2.45, 2.75) is 32.4 Å². The van der Waals surface area contributed by atoms with Crippen LogP contribution in [-0.4, -0.2) is 35.3 Å². The standard InChI is InChI=1S/C14H19N3O2/c1-9(2)17-8-7-12(14(17)19)16-13(18)10-5-3-4-6-11(10)15/h3-6,9,12H,7-8,15H2,1-2H3,(H,16,18). The van der Waals surface area contributed by atoms with Gasteiger partial charge in [-0.25, -0.2) is 0 Å². The third kappa shape index (κ3) is 2.70. The number of para-hydroxylation sites is 1. The maximum Gasteiger partial charge on any atom is 0.254 e. The molecule has 1 aromatic rings. The second kappa shape index (κ2) is 5.30. The number of amides is 2. The Morgan fingerprint density at radius 1 is 1.42 bits per heavy atom. The van der Waals surface area contributed by atoms with E-state index in [1.54, 1.807) is 29.2 Å². The highest BCUT2D eigenvalue weighted by Gasteiger charge is 2.34. The zero-order valence-electron chi connectivity index (χ0n) is 11.2. The fourth-order valence-corrected chi connectivity index (χ4v) is 2.29. The highest BCUT2D eigenvalue weighted by molar-refractivity contribution is 6.01. The molecule has 1 aliphatic heterocycles. The predicted molar refractivity (Wildman–Crippen MR) is 73.6 cm³/mol. The van der Waals surface area contributed by atoms with Crippen LogP contribution in [0.2, 0.25) is 0 Å². The molecule has 1 unspecified atom stereocenters. The van der Waals surface area contributed by atoms with E-state index in [4.69, 9.17) is 5.73 Å². The largest absolute Gasteiger partial charge is 0.398 e. The number of nitrogens with zero attached hydrogens (tertiary/aromatic N) is 1. The van der Waals surface area contributed by atoms with Crippen molar-refractivity contribution in [2.24, 2.45) is 0 Å². The lowest BCUT2D eigenvalue weighted by Crippen LogP contribution is -2.43. The van der Waals surface area contributed by atoms with Crippen molar-refractivity contribution < 1.29 is 9.59 Å². The van der Waals surface area contributed by atoms with Crippen molar-refractivity contribution in [1.29, 1.82) is 0 Å². The van der Waals surface area contributed by atoms with Crippen LogP contribution >= 0.6 is 0 Å². The highest BCUT2D eigenvalue weighted by atomic mass is 16.2. The number of hydrogen-bond donors (Lipinski definition) is 2. The van der Waals surface area contributed by atoms with Crippen LogP contribution in [0.1, 0.15) is 30.6 Å². The number of nitrogens with one attached hydrogen (secondary N) is 1. The number of carbonyl (C=O) groups excluding carboxylic acids is 2. The van der Waals surface area contributed by atoms with E-state index in [1.165, 1.54) is 0 Å². The number of carbonyl (C=O) groups is 2. The van der Waals surface area contributed by atoms with E-state index in [-0.39, 0.29) is 17.9 Å². The van der Waals surface area contributed by atoms with Crippen molar-refractivity contribution in [3.05, 3.63) is 29.8 Å². The summed E-state index contributed by atoms with van der Waals surface area (Å²) >= 11 is 0. The Kier molecular flexibility index (Phi) is 3.74. The van der Waals surface area contributed by atoms with Crippen LogP contribution < -0.4 is 11.1 Å². The van der Waals surface area contributed by atoms with Gasteiger partial charge in [-0.2, -0.15) is 0 Å². The first-order valence-corrected chi connectivity index (χ1v) is 6.46. The summed E-state index contributed by atoms with van der Waals surface area (Å²) in [5.74, 6) is -0.306. The van der Waals surface area contributed by atoms with Crippen molar-refractivity contribution in [3.8, 4) is 0 Å².